The Labute approximate surface area is 121 Å². The highest BCUT2D eigenvalue weighted by atomic mass is 19.4. The van der Waals surface area contributed by atoms with E-state index in [1.54, 1.807) is 0 Å². The van der Waals surface area contributed by atoms with E-state index in [4.69, 9.17) is 0 Å². The van der Waals surface area contributed by atoms with Gasteiger partial charge >= 0.3 is 12.1 Å². The van der Waals surface area contributed by atoms with Crippen molar-refractivity contribution in [3.63, 3.8) is 0 Å². The molecule has 1 heterocycles. The Morgan fingerprint density at radius 2 is 1.86 bits per heavy atom. The topological polar surface area (TPSA) is 57.0 Å². The molecule has 8 heteroatoms. The summed E-state index contributed by atoms with van der Waals surface area (Å²) in [5.74, 6) is -1.10. The van der Waals surface area contributed by atoms with Gasteiger partial charge in [0.1, 0.15) is 0 Å². The first-order valence-electron chi connectivity index (χ1n) is 7.09. The molecular weight excluding hydrogens is 287 g/mol. The van der Waals surface area contributed by atoms with Crippen LogP contribution in [0.4, 0.5) is 13.2 Å². The molecule has 0 aromatic carbocycles. The van der Waals surface area contributed by atoms with Crippen molar-refractivity contribution in [1.82, 2.24) is 15.0 Å². The minimum absolute atomic E-state index is 0.0139. The summed E-state index contributed by atoms with van der Waals surface area (Å²) in [5, 5.41) is 6.78. The molecule has 120 valence electrons. The second-order valence-electron chi connectivity index (χ2n) is 4.64. The molecule has 0 unspecified atom stereocenters. The highest BCUT2D eigenvalue weighted by Crippen LogP contribution is 2.31. The number of aromatic nitrogens is 3. The number of ether oxygens (including phenoxy) is 1. The first-order valence-corrected chi connectivity index (χ1v) is 7.09. The number of rotatable bonds is 8. The van der Waals surface area contributed by atoms with Crippen molar-refractivity contribution in [2.45, 2.75) is 58.7 Å². The standard InChI is InChI=1S/C13H20F3N3O2/c1-3-5-6-7-8-9-19-11(13(14,15)16)10(17-18-19)12(20)21-4-2/h3-9H2,1-2H3. The van der Waals surface area contributed by atoms with Gasteiger partial charge in [-0.2, -0.15) is 13.2 Å². The van der Waals surface area contributed by atoms with Crippen LogP contribution >= 0.6 is 0 Å². The van der Waals surface area contributed by atoms with Crippen LogP contribution in [-0.2, 0) is 17.5 Å². The van der Waals surface area contributed by atoms with E-state index in [0.29, 0.717) is 6.42 Å². The molecule has 1 rings (SSSR count). The fourth-order valence-corrected chi connectivity index (χ4v) is 1.95. The molecule has 0 aliphatic carbocycles. The quantitative estimate of drug-likeness (QED) is 0.545. The van der Waals surface area contributed by atoms with Gasteiger partial charge in [0.2, 0.25) is 5.69 Å². The largest absolute Gasteiger partial charge is 0.461 e. The van der Waals surface area contributed by atoms with Gasteiger partial charge in [0.05, 0.1) is 6.61 Å². The van der Waals surface area contributed by atoms with Crippen molar-refractivity contribution < 1.29 is 22.7 Å². The van der Waals surface area contributed by atoms with Crippen LogP contribution in [0.2, 0.25) is 0 Å². The molecule has 21 heavy (non-hydrogen) atoms. The molecule has 0 saturated carbocycles. The van der Waals surface area contributed by atoms with Gasteiger partial charge in [0.25, 0.3) is 0 Å². The third kappa shape index (κ3) is 5.02. The van der Waals surface area contributed by atoms with E-state index in [1.165, 1.54) is 6.92 Å². The summed E-state index contributed by atoms with van der Waals surface area (Å²) < 4.78 is 44.5. The van der Waals surface area contributed by atoms with E-state index < -0.39 is 23.5 Å². The van der Waals surface area contributed by atoms with Gasteiger partial charge in [0, 0.05) is 6.54 Å². The SMILES string of the molecule is CCCCCCCn1nnc(C(=O)OCC)c1C(F)(F)F. The number of esters is 1. The lowest BCUT2D eigenvalue weighted by molar-refractivity contribution is -0.144. The summed E-state index contributed by atoms with van der Waals surface area (Å²) in [6, 6.07) is 0. The van der Waals surface area contributed by atoms with Crippen LogP contribution in [0, 0.1) is 0 Å². The van der Waals surface area contributed by atoms with Crippen LogP contribution < -0.4 is 0 Å². The predicted octanol–water partition coefficient (Wildman–Crippen LogP) is 3.44. The van der Waals surface area contributed by atoms with Crippen molar-refractivity contribution in [1.29, 1.82) is 0 Å². The van der Waals surface area contributed by atoms with Gasteiger partial charge in [-0.1, -0.05) is 37.8 Å². The Morgan fingerprint density at radius 1 is 1.19 bits per heavy atom. The van der Waals surface area contributed by atoms with Crippen molar-refractivity contribution in [3.8, 4) is 0 Å². The molecule has 1 aromatic rings. The van der Waals surface area contributed by atoms with Crippen LogP contribution in [0.25, 0.3) is 0 Å². The third-order valence-corrected chi connectivity index (χ3v) is 2.95. The van der Waals surface area contributed by atoms with Crippen molar-refractivity contribution in [2.24, 2.45) is 0 Å². The number of nitrogens with zero attached hydrogens (tertiary/aromatic N) is 3. The normalized spacial score (nSPS) is 11.7. The smallest absolute Gasteiger partial charge is 0.435 e. The van der Waals surface area contributed by atoms with Gasteiger partial charge in [-0.05, 0) is 13.3 Å². The second kappa shape index (κ2) is 7.99. The van der Waals surface area contributed by atoms with E-state index in [-0.39, 0.29) is 13.2 Å². The summed E-state index contributed by atoms with van der Waals surface area (Å²) in [6.07, 6.45) is -0.220. The van der Waals surface area contributed by atoms with Gasteiger partial charge in [-0.15, -0.1) is 5.10 Å². The lowest BCUT2D eigenvalue weighted by atomic mass is 10.1. The number of carbonyl (C=O) groups excluding carboxylic acids is 1. The van der Waals surface area contributed by atoms with E-state index in [9.17, 15) is 18.0 Å². The molecule has 0 radical (unpaired) electrons. The lowest BCUT2D eigenvalue weighted by Crippen LogP contribution is -2.19. The van der Waals surface area contributed by atoms with Gasteiger partial charge in [-0.3, -0.25) is 0 Å². The predicted molar refractivity (Wildman–Crippen MR) is 69.7 cm³/mol. The number of carbonyl (C=O) groups is 1. The van der Waals surface area contributed by atoms with Crippen molar-refractivity contribution >= 4 is 5.97 Å². The first kappa shape index (κ1) is 17.5. The Morgan fingerprint density at radius 3 is 2.43 bits per heavy atom. The maximum absolute atomic E-state index is 13.1. The number of hydrogen-bond donors (Lipinski definition) is 0. The van der Waals surface area contributed by atoms with Gasteiger partial charge in [0.15, 0.2) is 5.69 Å². The van der Waals surface area contributed by atoms with E-state index in [0.717, 1.165) is 30.4 Å². The van der Waals surface area contributed by atoms with Gasteiger partial charge < -0.3 is 4.74 Å². The van der Waals surface area contributed by atoms with Crippen LogP contribution in [0.5, 0.6) is 0 Å². The molecule has 1 aromatic heterocycles. The first-order chi connectivity index (χ1) is 9.91. The zero-order valence-corrected chi connectivity index (χ0v) is 12.2. The number of aryl methyl sites for hydroxylation is 1. The number of hydrogen-bond acceptors (Lipinski definition) is 4. The lowest BCUT2D eigenvalue weighted by Gasteiger charge is -2.10. The summed E-state index contributed by atoms with van der Waals surface area (Å²) >= 11 is 0. The molecule has 5 nitrogen and oxygen atoms in total. The molecule has 0 spiro atoms. The monoisotopic (exact) mass is 307 g/mol. The zero-order valence-electron chi connectivity index (χ0n) is 12.2. The average molecular weight is 307 g/mol. The Kier molecular flexibility index (Phi) is 6.64. The second-order valence-corrected chi connectivity index (χ2v) is 4.64. The van der Waals surface area contributed by atoms with E-state index >= 15 is 0 Å². The summed E-state index contributed by atoms with van der Waals surface area (Å²) in [5.41, 5.74) is -1.89. The van der Waals surface area contributed by atoms with Crippen LogP contribution in [-0.4, -0.2) is 27.6 Å². The zero-order chi connectivity index (χ0) is 15.9. The molecule has 0 atom stereocenters. The molecule has 0 aliphatic rings. The number of halogens is 3. The molecule has 0 fully saturated rings. The molecular formula is C13H20F3N3O2. The maximum Gasteiger partial charge on any atom is 0.435 e. The fraction of sp³-hybridized carbons (Fsp3) is 0.769. The summed E-state index contributed by atoms with van der Waals surface area (Å²) in [7, 11) is 0. The van der Waals surface area contributed by atoms with Crippen LogP contribution in [0.1, 0.15) is 62.1 Å². The third-order valence-electron chi connectivity index (χ3n) is 2.95. The summed E-state index contributed by atoms with van der Waals surface area (Å²) in [4.78, 5) is 11.5. The van der Waals surface area contributed by atoms with E-state index in [2.05, 4.69) is 22.0 Å². The van der Waals surface area contributed by atoms with Crippen LogP contribution in [0.3, 0.4) is 0 Å². The molecule has 0 aliphatic heterocycles. The minimum atomic E-state index is -4.69. The van der Waals surface area contributed by atoms with Crippen molar-refractivity contribution in [3.05, 3.63) is 11.4 Å². The Balaban J connectivity index is 2.82. The highest BCUT2D eigenvalue weighted by Gasteiger charge is 2.41. The average Bonchev–Trinajstić information content (AvgIpc) is 2.83. The maximum atomic E-state index is 13.1. The molecule has 0 bridgehead atoms. The minimum Gasteiger partial charge on any atom is -0.461 e. The fourth-order valence-electron chi connectivity index (χ4n) is 1.95. The van der Waals surface area contributed by atoms with Gasteiger partial charge in [-0.25, -0.2) is 9.48 Å². The van der Waals surface area contributed by atoms with Crippen LogP contribution in [0.15, 0.2) is 0 Å². The number of alkyl halides is 3. The molecule has 0 saturated heterocycles. The molecule has 0 N–H and O–H groups in total. The summed E-state index contributed by atoms with van der Waals surface area (Å²) in [6.45, 7) is 3.65. The molecule has 0 amide bonds. The Hall–Kier alpha value is -1.60. The number of unbranched alkanes of at least 4 members (excludes halogenated alkanes) is 4. The van der Waals surface area contributed by atoms with E-state index in [1.807, 2.05) is 0 Å². The highest BCUT2D eigenvalue weighted by molar-refractivity contribution is 5.88. The van der Waals surface area contributed by atoms with Crippen molar-refractivity contribution in [2.75, 3.05) is 6.61 Å². The Bertz CT molecular complexity index is 458.